The molecular formula is C4HClFN2. The Morgan fingerprint density at radius 1 is 1.75 bits per heavy atom. The Balaban J connectivity index is 3.13. The van der Waals surface area contributed by atoms with Crippen molar-refractivity contribution in [1.82, 2.24) is 9.97 Å². The summed E-state index contributed by atoms with van der Waals surface area (Å²) < 4.78 is 12.0. The van der Waals surface area contributed by atoms with Gasteiger partial charge in [-0.2, -0.15) is 0 Å². The lowest BCUT2D eigenvalue weighted by molar-refractivity contribution is 0.613. The minimum atomic E-state index is -0.620. The molecule has 0 aliphatic rings. The number of halogens is 2. The van der Waals surface area contributed by atoms with E-state index in [0.29, 0.717) is 0 Å². The molecule has 1 aromatic rings. The molecule has 0 aliphatic carbocycles. The number of hydrogen-bond acceptors (Lipinski definition) is 2. The first-order valence-corrected chi connectivity index (χ1v) is 2.22. The minimum absolute atomic E-state index is 0.194. The quantitative estimate of drug-likeness (QED) is 0.492. The van der Waals surface area contributed by atoms with E-state index < -0.39 is 5.82 Å². The van der Waals surface area contributed by atoms with Gasteiger partial charge in [0.25, 0.3) is 0 Å². The van der Waals surface area contributed by atoms with E-state index in [1.807, 2.05) is 0 Å². The van der Waals surface area contributed by atoms with Crippen LogP contribution in [-0.2, 0) is 0 Å². The van der Waals surface area contributed by atoms with Gasteiger partial charge in [-0.25, -0.2) is 14.4 Å². The van der Waals surface area contributed by atoms with Crippen molar-refractivity contribution in [3.8, 4) is 0 Å². The van der Waals surface area contributed by atoms with Crippen LogP contribution in [0.25, 0.3) is 0 Å². The summed E-state index contributed by atoms with van der Waals surface area (Å²) in [6.45, 7) is 0. The van der Waals surface area contributed by atoms with E-state index >= 15 is 0 Å². The minimum Gasteiger partial charge on any atom is -0.231 e. The van der Waals surface area contributed by atoms with Crippen LogP contribution >= 0.6 is 11.6 Å². The standard InChI is InChI=1S/C4HClFN2/c5-4-3(6)1-7-2-8-4/h1H. The molecule has 1 heterocycles. The summed E-state index contributed by atoms with van der Waals surface area (Å²) in [5, 5.41) is -0.194. The maximum atomic E-state index is 12.0. The van der Waals surface area contributed by atoms with Crippen LogP contribution in [0.5, 0.6) is 0 Å². The lowest BCUT2D eigenvalue weighted by Crippen LogP contribution is -1.82. The van der Waals surface area contributed by atoms with Crippen molar-refractivity contribution in [3.05, 3.63) is 23.5 Å². The number of hydrogen-bond donors (Lipinski definition) is 0. The molecule has 1 radical (unpaired) electrons. The first kappa shape index (κ1) is 5.44. The Kier molecular flexibility index (Phi) is 1.39. The molecule has 0 atom stereocenters. The highest BCUT2D eigenvalue weighted by molar-refractivity contribution is 6.29. The van der Waals surface area contributed by atoms with E-state index in [1.165, 1.54) is 0 Å². The maximum absolute atomic E-state index is 12.0. The molecule has 8 heavy (non-hydrogen) atoms. The van der Waals surface area contributed by atoms with Gasteiger partial charge in [0.1, 0.15) is 0 Å². The third-order valence-corrected chi connectivity index (χ3v) is 0.846. The largest absolute Gasteiger partial charge is 0.231 e. The van der Waals surface area contributed by atoms with Crippen LogP contribution in [0.4, 0.5) is 4.39 Å². The van der Waals surface area contributed by atoms with Crippen LogP contribution in [0, 0.1) is 12.1 Å². The molecule has 0 aliphatic heterocycles. The van der Waals surface area contributed by atoms with Gasteiger partial charge in [0, 0.05) is 0 Å². The van der Waals surface area contributed by atoms with Gasteiger partial charge in [0.2, 0.25) is 0 Å². The van der Waals surface area contributed by atoms with Crippen molar-refractivity contribution < 1.29 is 4.39 Å². The summed E-state index contributed by atoms with van der Waals surface area (Å²) >= 11 is 5.15. The van der Waals surface area contributed by atoms with Crippen LogP contribution in [0.1, 0.15) is 0 Å². The second kappa shape index (κ2) is 2.05. The highest BCUT2D eigenvalue weighted by Gasteiger charge is 1.95. The van der Waals surface area contributed by atoms with E-state index in [9.17, 15) is 4.39 Å². The second-order valence-electron chi connectivity index (χ2n) is 1.11. The van der Waals surface area contributed by atoms with E-state index in [4.69, 9.17) is 11.6 Å². The molecule has 2 nitrogen and oxygen atoms in total. The molecule has 1 rings (SSSR count). The van der Waals surface area contributed by atoms with Gasteiger partial charge < -0.3 is 0 Å². The summed E-state index contributed by atoms with van der Waals surface area (Å²) in [6, 6.07) is 0. The van der Waals surface area contributed by atoms with Gasteiger partial charge in [-0.15, -0.1) is 0 Å². The highest BCUT2D eigenvalue weighted by Crippen LogP contribution is 2.05. The van der Waals surface area contributed by atoms with Gasteiger partial charge in [-0.05, 0) is 0 Å². The average Bonchev–Trinajstić information content (AvgIpc) is 1.77. The van der Waals surface area contributed by atoms with Crippen LogP contribution in [0.2, 0.25) is 5.15 Å². The Labute approximate surface area is 50.3 Å². The Morgan fingerprint density at radius 3 is 2.88 bits per heavy atom. The molecule has 0 unspecified atom stereocenters. The fraction of sp³-hybridized carbons (Fsp3) is 0. The molecule has 1 aromatic heterocycles. The Morgan fingerprint density at radius 2 is 2.50 bits per heavy atom. The van der Waals surface area contributed by atoms with Crippen molar-refractivity contribution in [1.29, 1.82) is 0 Å². The lowest BCUT2D eigenvalue weighted by Gasteiger charge is -1.84. The summed E-state index contributed by atoms with van der Waals surface area (Å²) in [4.78, 5) is 6.48. The Hall–Kier alpha value is -0.700. The molecule has 4 heteroatoms. The van der Waals surface area contributed by atoms with Crippen molar-refractivity contribution in [3.63, 3.8) is 0 Å². The average molecular weight is 132 g/mol. The van der Waals surface area contributed by atoms with E-state index in [-0.39, 0.29) is 5.15 Å². The van der Waals surface area contributed by atoms with Gasteiger partial charge in [0.15, 0.2) is 17.3 Å². The fourth-order valence-corrected chi connectivity index (χ4v) is 0.352. The molecular weight excluding hydrogens is 131 g/mol. The van der Waals surface area contributed by atoms with Crippen LogP contribution in [0.3, 0.4) is 0 Å². The third kappa shape index (κ3) is 0.924. The summed E-state index contributed by atoms with van der Waals surface area (Å²) in [6.07, 6.45) is 3.08. The zero-order valence-corrected chi connectivity index (χ0v) is 4.48. The third-order valence-electron chi connectivity index (χ3n) is 0.581. The molecule has 0 saturated heterocycles. The van der Waals surface area contributed by atoms with Gasteiger partial charge in [0.05, 0.1) is 6.20 Å². The molecule has 0 amide bonds. The Bertz CT molecular complexity index is 170. The lowest BCUT2D eigenvalue weighted by atomic mass is 10.6. The second-order valence-corrected chi connectivity index (χ2v) is 1.47. The summed E-state index contributed by atoms with van der Waals surface area (Å²) in [7, 11) is 0. The molecule has 0 N–H and O–H groups in total. The molecule has 41 valence electrons. The van der Waals surface area contributed by atoms with Crippen molar-refractivity contribution in [2.24, 2.45) is 0 Å². The molecule has 0 saturated carbocycles. The zero-order chi connectivity index (χ0) is 5.98. The van der Waals surface area contributed by atoms with E-state index in [2.05, 4.69) is 16.3 Å². The van der Waals surface area contributed by atoms with Crippen LogP contribution < -0.4 is 0 Å². The van der Waals surface area contributed by atoms with Crippen molar-refractivity contribution >= 4 is 11.6 Å². The van der Waals surface area contributed by atoms with Crippen molar-refractivity contribution in [2.45, 2.75) is 0 Å². The van der Waals surface area contributed by atoms with E-state index in [0.717, 1.165) is 6.20 Å². The first-order valence-electron chi connectivity index (χ1n) is 1.85. The highest BCUT2D eigenvalue weighted by atomic mass is 35.5. The van der Waals surface area contributed by atoms with Gasteiger partial charge in [-0.1, -0.05) is 11.6 Å². The maximum Gasteiger partial charge on any atom is 0.199 e. The molecule has 0 spiro atoms. The topological polar surface area (TPSA) is 25.8 Å². The normalized spacial score (nSPS) is 9.25. The monoisotopic (exact) mass is 131 g/mol. The van der Waals surface area contributed by atoms with Gasteiger partial charge >= 0.3 is 0 Å². The number of nitrogens with zero attached hydrogens (tertiary/aromatic N) is 2. The molecule has 0 bridgehead atoms. The van der Waals surface area contributed by atoms with Crippen LogP contribution in [0.15, 0.2) is 6.20 Å². The van der Waals surface area contributed by atoms with Crippen molar-refractivity contribution in [2.75, 3.05) is 0 Å². The smallest absolute Gasteiger partial charge is 0.199 e. The fourth-order valence-electron chi connectivity index (χ4n) is 0.265. The SMILES string of the molecule is Fc1cn[c]nc1Cl. The van der Waals surface area contributed by atoms with Gasteiger partial charge in [-0.3, -0.25) is 0 Å². The number of rotatable bonds is 0. The van der Waals surface area contributed by atoms with E-state index in [1.54, 1.807) is 0 Å². The molecule has 0 fully saturated rings. The first-order chi connectivity index (χ1) is 3.80. The predicted octanol–water partition coefficient (Wildman–Crippen LogP) is 1.07. The zero-order valence-electron chi connectivity index (χ0n) is 3.73. The number of aromatic nitrogens is 2. The molecule has 0 aromatic carbocycles. The van der Waals surface area contributed by atoms with Crippen LogP contribution in [-0.4, -0.2) is 9.97 Å². The predicted molar refractivity (Wildman–Crippen MR) is 25.8 cm³/mol. The summed E-state index contributed by atoms with van der Waals surface area (Å²) in [5.74, 6) is -0.620. The summed E-state index contributed by atoms with van der Waals surface area (Å²) in [5.41, 5.74) is 0.